The van der Waals surface area contributed by atoms with Crippen molar-refractivity contribution in [3.8, 4) is 0 Å². The SMILES string of the molecule is CON=C1C=C(C)CCC1. The Hall–Kier alpha value is -0.790. The van der Waals surface area contributed by atoms with E-state index in [4.69, 9.17) is 0 Å². The molecular weight excluding hydrogens is 126 g/mol. The van der Waals surface area contributed by atoms with Crippen LogP contribution in [0.15, 0.2) is 16.8 Å². The molecule has 0 saturated heterocycles. The Morgan fingerprint density at radius 3 is 2.90 bits per heavy atom. The maximum atomic E-state index is 4.67. The zero-order valence-corrected chi connectivity index (χ0v) is 6.55. The number of nitrogens with zero attached hydrogens (tertiary/aromatic N) is 1. The third-order valence-corrected chi connectivity index (χ3v) is 1.63. The minimum Gasteiger partial charge on any atom is -0.399 e. The highest BCUT2D eigenvalue weighted by atomic mass is 16.6. The molecule has 0 aromatic rings. The maximum absolute atomic E-state index is 4.67. The van der Waals surface area contributed by atoms with Crippen molar-refractivity contribution in [1.29, 1.82) is 0 Å². The van der Waals surface area contributed by atoms with Crippen molar-refractivity contribution in [2.75, 3.05) is 7.11 Å². The van der Waals surface area contributed by atoms with Gasteiger partial charge in [0.2, 0.25) is 0 Å². The van der Waals surface area contributed by atoms with E-state index in [1.807, 2.05) is 0 Å². The molecule has 1 rings (SSSR count). The van der Waals surface area contributed by atoms with Gasteiger partial charge in [-0.05, 0) is 32.3 Å². The van der Waals surface area contributed by atoms with Gasteiger partial charge in [0.1, 0.15) is 7.11 Å². The van der Waals surface area contributed by atoms with Gasteiger partial charge in [0.25, 0.3) is 0 Å². The summed E-state index contributed by atoms with van der Waals surface area (Å²) in [5, 5.41) is 3.87. The predicted molar refractivity (Wildman–Crippen MR) is 42.1 cm³/mol. The lowest BCUT2D eigenvalue weighted by atomic mass is 10.00. The summed E-state index contributed by atoms with van der Waals surface area (Å²) < 4.78 is 0. The van der Waals surface area contributed by atoms with Gasteiger partial charge in [-0.25, -0.2) is 0 Å². The maximum Gasteiger partial charge on any atom is 0.106 e. The van der Waals surface area contributed by atoms with Gasteiger partial charge in [-0.15, -0.1) is 0 Å². The molecule has 0 N–H and O–H groups in total. The van der Waals surface area contributed by atoms with E-state index in [9.17, 15) is 0 Å². The second-order valence-electron chi connectivity index (χ2n) is 2.61. The normalized spacial score (nSPS) is 22.6. The first-order valence-corrected chi connectivity index (χ1v) is 3.60. The highest BCUT2D eigenvalue weighted by Crippen LogP contribution is 2.14. The van der Waals surface area contributed by atoms with Gasteiger partial charge in [0, 0.05) is 0 Å². The largest absolute Gasteiger partial charge is 0.399 e. The number of hydrogen-bond acceptors (Lipinski definition) is 2. The summed E-state index contributed by atoms with van der Waals surface area (Å²) in [6, 6.07) is 0. The monoisotopic (exact) mass is 139 g/mol. The molecule has 0 amide bonds. The fraction of sp³-hybridized carbons (Fsp3) is 0.625. The molecule has 56 valence electrons. The standard InChI is InChI=1S/C8H13NO/c1-7-4-3-5-8(6-7)9-10-2/h6H,3-5H2,1-2H3. The van der Waals surface area contributed by atoms with Crippen LogP contribution in [0.2, 0.25) is 0 Å². The van der Waals surface area contributed by atoms with Gasteiger partial charge in [-0.1, -0.05) is 10.7 Å². The Morgan fingerprint density at radius 2 is 2.30 bits per heavy atom. The van der Waals surface area contributed by atoms with E-state index in [2.05, 4.69) is 23.0 Å². The van der Waals surface area contributed by atoms with Crippen LogP contribution in [0.1, 0.15) is 26.2 Å². The lowest BCUT2D eigenvalue weighted by Gasteiger charge is -2.08. The van der Waals surface area contributed by atoms with Crippen LogP contribution >= 0.6 is 0 Å². The second-order valence-corrected chi connectivity index (χ2v) is 2.61. The molecule has 2 heteroatoms. The molecule has 0 aromatic carbocycles. The lowest BCUT2D eigenvalue weighted by molar-refractivity contribution is 0.212. The van der Waals surface area contributed by atoms with E-state index in [1.165, 1.54) is 18.4 Å². The van der Waals surface area contributed by atoms with Crippen molar-refractivity contribution in [3.63, 3.8) is 0 Å². The fourth-order valence-electron chi connectivity index (χ4n) is 1.17. The van der Waals surface area contributed by atoms with Gasteiger partial charge >= 0.3 is 0 Å². The van der Waals surface area contributed by atoms with Gasteiger partial charge in [-0.2, -0.15) is 0 Å². The van der Waals surface area contributed by atoms with Crippen LogP contribution in [0.3, 0.4) is 0 Å². The molecule has 1 aliphatic rings. The molecule has 0 radical (unpaired) electrons. The van der Waals surface area contributed by atoms with Crippen LogP contribution < -0.4 is 0 Å². The summed E-state index contributed by atoms with van der Waals surface area (Å²) in [6.45, 7) is 2.13. The van der Waals surface area contributed by atoms with Crippen LogP contribution in [0.5, 0.6) is 0 Å². The number of oxime groups is 1. The predicted octanol–water partition coefficient (Wildman–Crippen LogP) is 2.12. The van der Waals surface area contributed by atoms with Gasteiger partial charge in [-0.3, -0.25) is 0 Å². The van der Waals surface area contributed by atoms with E-state index < -0.39 is 0 Å². The van der Waals surface area contributed by atoms with E-state index in [1.54, 1.807) is 7.11 Å². The van der Waals surface area contributed by atoms with Crippen LogP contribution in [0.4, 0.5) is 0 Å². The second kappa shape index (κ2) is 3.40. The van der Waals surface area contributed by atoms with Crippen molar-refractivity contribution in [1.82, 2.24) is 0 Å². The van der Waals surface area contributed by atoms with E-state index in [-0.39, 0.29) is 0 Å². The molecule has 2 nitrogen and oxygen atoms in total. The van der Waals surface area contributed by atoms with Crippen LogP contribution in [0, 0.1) is 0 Å². The third-order valence-electron chi connectivity index (χ3n) is 1.63. The first-order valence-electron chi connectivity index (χ1n) is 3.60. The first-order chi connectivity index (χ1) is 4.83. The zero-order chi connectivity index (χ0) is 7.40. The average Bonchev–Trinajstić information content (AvgIpc) is 1.88. The molecule has 0 heterocycles. The molecule has 0 aromatic heterocycles. The summed E-state index contributed by atoms with van der Waals surface area (Å²) in [4.78, 5) is 4.67. The van der Waals surface area contributed by atoms with Crippen molar-refractivity contribution in [3.05, 3.63) is 11.6 Å². The van der Waals surface area contributed by atoms with Gasteiger partial charge < -0.3 is 4.84 Å². The Kier molecular flexibility index (Phi) is 2.49. The Labute approximate surface area is 61.6 Å². The van der Waals surface area contributed by atoms with Crippen LogP contribution in [0.25, 0.3) is 0 Å². The van der Waals surface area contributed by atoms with Crippen LogP contribution in [-0.2, 0) is 4.84 Å². The minimum absolute atomic E-state index is 1.06. The molecule has 0 fully saturated rings. The first kappa shape index (κ1) is 7.32. The summed E-state index contributed by atoms with van der Waals surface area (Å²) in [5.41, 5.74) is 2.48. The fourth-order valence-corrected chi connectivity index (χ4v) is 1.17. The highest BCUT2D eigenvalue weighted by Gasteiger charge is 2.04. The zero-order valence-electron chi connectivity index (χ0n) is 6.55. The summed E-state index contributed by atoms with van der Waals surface area (Å²) in [7, 11) is 1.59. The quantitative estimate of drug-likeness (QED) is 0.510. The molecular formula is C8H13NO. The van der Waals surface area contributed by atoms with Crippen molar-refractivity contribution >= 4 is 5.71 Å². The van der Waals surface area contributed by atoms with Crippen molar-refractivity contribution in [2.24, 2.45) is 5.16 Å². The Balaban J connectivity index is 2.62. The highest BCUT2D eigenvalue weighted by molar-refractivity contribution is 5.95. The van der Waals surface area contributed by atoms with Gasteiger partial charge in [0.15, 0.2) is 0 Å². The molecule has 10 heavy (non-hydrogen) atoms. The minimum atomic E-state index is 1.06. The molecule has 1 aliphatic carbocycles. The summed E-state index contributed by atoms with van der Waals surface area (Å²) >= 11 is 0. The summed E-state index contributed by atoms with van der Waals surface area (Å²) in [5.74, 6) is 0. The molecule has 0 saturated carbocycles. The van der Waals surface area contributed by atoms with E-state index in [0.717, 1.165) is 12.1 Å². The van der Waals surface area contributed by atoms with E-state index >= 15 is 0 Å². The molecule has 0 spiro atoms. The van der Waals surface area contributed by atoms with Crippen molar-refractivity contribution < 1.29 is 4.84 Å². The smallest absolute Gasteiger partial charge is 0.106 e. The lowest BCUT2D eigenvalue weighted by Crippen LogP contribution is -2.01. The molecule has 0 bridgehead atoms. The topological polar surface area (TPSA) is 21.6 Å². The molecule has 0 atom stereocenters. The molecule has 0 aliphatic heterocycles. The number of rotatable bonds is 1. The summed E-state index contributed by atoms with van der Waals surface area (Å²) in [6.07, 6.45) is 5.59. The Bertz CT molecular complexity index is 170. The Morgan fingerprint density at radius 1 is 1.50 bits per heavy atom. The average molecular weight is 139 g/mol. The number of hydrogen-bond donors (Lipinski definition) is 0. The van der Waals surface area contributed by atoms with Crippen LogP contribution in [-0.4, -0.2) is 12.8 Å². The molecule has 0 unspecified atom stereocenters. The van der Waals surface area contributed by atoms with Gasteiger partial charge in [0.05, 0.1) is 5.71 Å². The third kappa shape index (κ3) is 1.87. The number of allylic oxidation sites excluding steroid dienone is 2. The van der Waals surface area contributed by atoms with Crippen molar-refractivity contribution in [2.45, 2.75) is 26.2 Å². The van der Waals surface area contributed by atoms with E-state index in [0.29, 0.717) is 0 Å².